The maximum Gasteiger partial charge on any atom is 0.128 e. The molecule has 0 radical (unpaired) electrons. The third-order valence-corrected chi connectivity index (χ3v) is 3.21. The van der Waals surface area contributed by atoms with Crippen LogP contribution in [0, 0.1) is 18.6 Å². The summed E-state index contributed by atoms with van der Waals surface area (Å²) < 4.78 is 32.6. The molecule has 0 aliphatic carbocycles. The van der Waals surface area contributed by atoms with Crippen molar-refractivity contribution in [3.63, 3.8) is 0 Å². The Kier molecular flexibility index (Phi) is 4.00. The Hall–Kier alpha value is -1.68. The summed E-state index contributed by atoms with van der Waals surface area (Å²) >= 11 is 0. The van der Waals surface area contributed by atoms with Crippen molar-refractivity contribution in [2.75, 3.05) is 0 Å². The lowest BCUT2D eigenvalue weighted by molar-refractivity contribution is 0.396. The first-order valence-corrected chi connectivity index (χ1v) is 6.24. The molecular formula is C15H17F2NO. The van der Waals surface area contributed by atoms with Gasteiger partial charge in [0.05, 0.1) is 12.3 Å². The number of hydrogen-bond acceptors (Lipinski definition) is 2. The minimum atomic E-state index is -0.398. The fourth-order valence-corrected chi connectivity index (χ4v) is 2.08. The van der Waals surface area contributed by atoms with E-state index in [9.17, 15) is 8.78 Å². The monoisotopic (exact) mass is 265 g/mol. The highest BCUT2D eigenvalue weighted by molar-refractivity contribution is 5.27. The highest BCUT2D eigenvalue weighted by Crippen LogP contribution is 2.23. The van der Waals surface area contributed by atoms with Crippen molar-refractivity contribution in [1.29, 1.82) is 0 Å². The van der Waals surface area contributed by atoms with E-state index in [-0.39, 0.29) is 12.1 Å². The molecule has 1 aromatic carbocycles. The molecule has 1 unspecified atom stereocenters. The van der Waals surface area contributed by atoms with Crippen LogP contribution in [0.5, 0.6) is 0 Å². The lowest BCUT2D eigenvalue weighted by Gasteiger charge is -2.19. The smallest absolute Gasteiger partial charge is 0.128 e. The zero-order chi connectivity index (χ0) is 14.0. The fourth-order valence-electron chi connectivity index (χ4n) is 2.08. The molecule has 0 amide bonds. The molecule has 2 rings (SSSR count). The van der Waals surface area contributed by atoms with Gasteiger partial charge >= 0.3 is 0 Å². The van der Waals surface area contributed by atoms with E-state index in [0.717, 1.165) is 5.76 Å². The highest BCUT2D eigenvalue weighted by Gasteiger charge is 2.17. The Morgan fingerprint density at radius 2 is 1.84 bits per heavy atom. The van der Waals surface area contributed by atoms with Gasteiger partial charge in [-0.15, -0.1) is 0 Å². The van der Waals surface area contributed by atoms with Crippen molar-refractivity contribution < 1.29 is 13.2 Å². The summed E-state index contributed by atoms with van der Waals surface area (Å²) in [5.41, 5.74) is 0.633. The van der Waals surface area contributed by atoms with Gasteiger partial charge in [-0.2, -0.15) is 0 Å². The van der Waals surface area contributed by atoms with Gasteiger partial charge in [0, 0.05) is 11.6 Å². The molecule has 2 atom stereocenters. The summed E-state index contributed by atoms with van der Waals surface area (Å²) in [5.74, 6) is -0.0268. The van der Waals surface area contributed by atoms with Gasteiger partial charge in [0.15, 0.2) is 0 Å². The third-order valence-electron chi connectivity index (χ3n) is 3.21. The van der Waals surface area contributed by atoms with Crippen LogP contribution in [0.25, 0.3) is 0 Å². The fraction of sp³-hybridized carbons (Fsp3) is 0.333. The molecule has 1 N–H and O–H groups in total. The molecule has 4 heteroatoms. The van der Waals surface area contributed by atoms with Gasteiger partial charge in [0.25, 0.3) is 0 Å². The van der Waals surface area contributed by atoms with Gasteiger partial charge in [-0.3, -0.25) is 0 Å². The van der Waals surface area contributed by atoms with Crippen molar-refractivity contribution in [1.82, 2.24) is 5.32 Å². The maximum atomic E-state index is 13.8. The van der Waals surface area contributed by atoms with Gasteiger partial charge < -0.3 is 9.73 Å². The number of hydrogen-bond donors (Lipinski definition) is 1. The first-order valence-electron chi connectivity index (χ1n) is 6.24. The molecule has 0 aliphatic heterocycles. The van der Waals surface area contributed by atoms with E-state index >= 15 is 0 Å². The van der Waals surface area contributed by atoms with Crippen LogP contribution in [0.15, 0.2) is 34.9 Å². The molecular weight excluding hydrogens is 248 g/mol. The minimum absolute atomic E-state index is 0.0752. The average molecular weight is 265 g/mol. The quantitative estimate of drug-likeness (QED) is 0.892. The van der Waals surface area contributed by atoms with Crippen LogP contribution < -0.4 is 5.32 Å². The van der Waals surface area contributed by atoms with E-state index in [1.807, 2.05) is 13.0 Å². The third kappa shape index (κ3) is 3.01. The molecule has 0 fully saturated rings. The highest BCUT2D eigenvalue weighted by atomic mass is 19.1. The van der Waals surface area contributed by atoms with Crippen molar-refractivity contribution in [3.8, 4) is 0 Å². The predicted octanol–water partition coefficient (Wildman–Crippen LogP) is 4.28. The molecule has 2 nitrogen and oxygen atoms in total. The van der Waals surface area contributed by atoms with Crippen molar-refractivity contribution in [2.45, 2.75) is 32.9 Å². The van der Waals surface area contributed by atoms with E-state index in [2.05, 4.69) is 5.32 Å². The summed E-state index contributed by atoms with van der Waals surface area (Å²) in [7, 11) is 0. The second-order valence-corrected chi connectivity index (χ2v) is 4.75. The molecule has 0 bridgehead atoms. The molecule has 1 heterocycles. The Morgan fingerprint density at radius 3 is 2.47 bits per heavy atom. The van der Waals surface area contributed by atoms with Crippen molar-refractivity contribution in [3.05, 3.63) is 59.1 Å². The van der Waals surface area contributed by atoms with Gasteiger partial charge in [-0.25, -0.2) is 8.78 Å². The normalized spacial score (nSPS) is 14.4. The number of benzene rings is 1. The molecule has 1 aromatic heterocycles. The Morgan fingerprint density at radius 1 is 1.11 bits per heavy atom. The largest absolute Gasteiger partial charge is 0.468 e. The average Bonchev–Trinajstić information content (AvgIpc) is 2.87. The van der Waals surface area contributed by atoms with Crippen LogP contribution in [0.4, 0.5) is 8.78 Å². The number of furan rings is 1. The van der Waals surface area contributed by atoms with Crippen LogP contribution in [0.3, 0.4) is 0 Å². The van der Waals surface area contributed by atoms with E-state index in [1.54, 1.807) is 26.2 Å². The molecule has 0 spiro atoms. The van der Waals surface area contributed by atoms with E-state index in [4.69, 9.17) is 4.42 Å². The van der Waals surface area contributed by atoms with Crippen molar-refractivity contribution >= 4 is 0 Å². The van der Waals surface area contributed by atoms with Gasteiger partial charge in [-0.05, 0) is 50.6 Å². The SMILES string of the molecule is Cc1cc(F)c(C(C)N[C@@H](C)c2ccco2)cc1F. The van der Waals surface area contributed by atoms with Gasteiger partial charge in [0.1, 0.15) is 17.4 Å². The molecule has 2 aromatic rings. The summed E-state index contributed by atoms with van der Waals surface area (Å²) in [6, 6.07) is 5.72. The topological polar surface area (TPSA) is 25.2 Å². The second kappa shape index (κ2) is 5.53. The van der Waals surface area contributed by atoms with Crippen molar-refractivity contribution in [2.24, 2.45) is 0 Å². The van der Waals surface area contributed by atoms with Crippen LogP contribution in [0.1, 0.15) is 42.8 Å². The summed E-state index contributed by atoms with van der Waals surface area (Å²) in [6.07, 6.45) is 1.59. The molecule has 19 heavy (non-hydrogen) atoms. The molecule has 102 valence electrons. The first-order chi connectivity index (χ1) is 8.99. The second-order valence-electron chi connectivity index (χ2n) is 4.75. The van der Waals surface area contributed by atoms with E-state index in [1.165, 1.54) is 12.1 Å². The zero-order valence-electron chi connectivity index (χ0n) is 11.2. The first kappa shape index (κ1) is 13.7. The Labute approximate surface area is 111 Å². The number of nitrogens with one attached hydrogen (secondary N) is 1. The molecule has 0 aliphatic rings. The lowest BCUT2D eigenvalue weighted by Crippen LogP contribution is -2.23. The van der Waals surface area contributed by atoms with E-state index in [0.29, 0.717) is 11.1 Å². The lowest BCUT2D eigenvalue weighted by atomic mass is 10.0. The van der Waals surface area contributed by atoms with Crippen LogP contribution >= 0.6 is 0 Å². The minimum Gasteiger partial charge on any atom is -0.468 e. The van der Waals surface area contributed by atoms with Crippen LogP contribution in [-0.4, -0.2) is 0 Å². The Bertz CT molecular complexity index is 552. The van der Waals surface area contributed by atoms with Crippen LogP contribution in [-0.2, 0) is 0 Å². The number of halogens is 2. The number of rotatable bonds is 4. The van der Waals surface area contributed by atoms with E-state index < -0.39 is 11.6 Å². The zero-order valence-corrected chi connectivity index (χ0v) is 11.2. The summed E-state index contributed by atoms with van der Waals surface area (Å²) in [6.45, 7) is 5.26. The van der Waals surface area contributed by atoms with Crippen LogP contribution in [0.2, 0.25) is 0 Å². The summed E-state index contributed by atoms with van der Waals surface area (Å²) in [5, 5.41) is 3.19. The molecule has 0 saturated heterocycles. The van der Waals surface area contributed by atoms with Gasteiger partial charge in [-0.1, -0.05) is 0 Å². The van der Waals surface area contributed by atoms with Gasteiger partial charge in [0.2, 0.25) is 0 Å². The number of aryl methyl sites for hydroxylation is 1. The molecule has 0 saturated carbocycles. The maximum absolute atomic E-state index is 13.8. The predicted molar refractivity (Wildman–Crippen MR) is 69.8 cm³/mol. The Balaban J connectivity index is 2.16. The summed E-state index contributed by atoms with van der Waals surface area (Å²) in [4.78, 5) is 0. The standard InChI is InChI=1S/C15H17F2NO/c1-9-7-14(17)12(8-13(9)16)10(2)18-11(3)15-5-4-6-19-15/h4-8,10-11,18H,1-3H3/t10?,11-/m0/s1.